The van der Waals surface area contributed by atoms with Gasteiger partial charge in [-0.3, -0.25) is 9.52 Å². The minimum atomic E-state index is -1.58. The number of hydrogen-bond acceptors (Lipinski definition) is 6. The molecule has 45 heavy (non-hydrogen) atoms. The van der Waals surface area contributed by atoms with Gasteiger partial charge in [-0.2, -0.15) is 0 Å². The number of nitrogens with zero attached hydrogens (tertiary/aromatic N) is 1. The molecular weight excluding hydrogens is 608 g/mol. The molecule has 7 atom stereocenters. The lowest BCUT2D eigenvalue weighted by Crippen LogP contribution is -2.61. The number of anilines is 1. The Hall–Kier alpha value is -2.39. The number of aryl methyl sites for hydroxylation is 1. The Morgan fingerprint density at radius 3 is 2.62 bits per heavy atom. The number of ether oxygens (including phenoxy) is 2. The average molecular weight is 657 g/mol. The van der Waals surface area contributed by atoms with E-state index in [1.54, 1.807) is 13.2 Å². The zero-order chi connectivity index (χ0) is 32.5. The maximum absolute atomic E-state index is 13.4. The monoisotopic (exact) mass is 656 g/mol. The fourth-order valence-corrected chi connectivity index (χ4v) is 8.66. The minimum absolute atomic E-state index is 0.0298. The van der Waals surface area contributed by atoms with Crippen LogP contribution in [0.1, 0.15) is 87.7 Å². The van der Waals surface area contributed by atoms with Gasteiger partial charge in [-0.1, -0.05) is 50.1 Å². The molecule has 2 aliphatic heterocycles. The Kier molecular flexibility index (Phi) is 10.4. The Balaban J connectivity index is 1.60. The van der Waals surface area contributed by atoms with E-state index in [0.29, 0.717) is 31.7 Å². The SMILES string of the molecule is CCCc1cc(Cl)ccc1C1COc2ccc3cc2N(C1)CC1CCC1C(OC)(C(C)(C)O)/C=C/CC(C)C(C)S(=O)NC3=O. The quantitative estimate of drug-likeness (QED) is 0.343. The van der Waals surface area contributed by atoms with Crippen molar-refractivity contribution < 1.29 is 23.6 Å². The third kappa shape index (κ3) is 6.85. The molecule has 1 saturated carbocycles. The summed E-state index contributed by atoms with van der Waals surface area (Å²) in [6.07, 6.45) is 8.63. The number of rotatable bonds is 5. The first-order valence-electron chi connectivity index (χ1n) is 16.3. The number of aliphatic hydroxyl groups is 1. The minimum Gasteiger partial charge on any atom is -0.491 e. The smallest absolute Gasteiger partial charge is 0.263 e. The fourth-order valence-electron chi connectivity index (χ4n) is 7.44. The molecule has 2 aromatic rings. The normalized spacial score (nSPS) is 31.6. The maximum Gasteiger partial charge on any atom is 0.263 e. The van der Waals surface area contributed by atoms with Crippen LogP contribution in [0.25, 0.3) is 0 Å². The standard InChI is InChI=1S/C36H49ClN2O5S/c1-7-9-25-18-29(37)13-14-30(25)28-21-39-20-27-11-15-31(27)36(43-6,35(4,5)41)17-8-10-23(2)24(3)45(42)38-34(40)26-12-16-33(44-22-28)32(39)19-26/h8,12-14,16-19,23-24,27-28,31,41H,7,9-11,15,20-22H2,1-6H3,(H,38,40)/b17-8+. The second kappa shape index (κ2) is 13.8. The van der Waals surface area contributed by atoms with Crippen LogP contribution in [-0.2, 0) is 22.1 Å². The second-order valence-corrected chi connectivity index (χ2v) is 15.7. The Labute approximate surface area is 276 Å². The van der Waals surface area contributed by atoms with Gasteiger partial charge >= 0.3 is 0 Å². The van der Waals surface area contributed by atoms with E-state index in [0.717, 1.165) is 42.1 Å². The first-order chi connectivity index (χ1) is 21.4. The molecule has 7 nitrogen and oxygen atoms in total. The van der Waals surface area contributed by atoms with Crippen molar-refractivity contribution in [2.45, 2.75) is 89.1 Å². The van der Waals surface area contributed by atoms with Crippen molar-refractivity contribution in [2.24, 2.45) is 17.8 Å². The Bertz CT molecular complexity index is 1440. The molecule has 0 radical (unpaired) electrons. The van der Waals surface area contributed by atoms with E-state index in [2.05, 4.69) is 34.8 Å². The zero-order valence-electron chi connectivity index (χ0n) is 27.5. The first-order valence-corrected chi connectivity index (χ1v) is 17.9. The highest BCUT2D eigenvalue weighted by Gasteiger charge is 2.55. The lowest BCUT2D eigenvalue weighted by atomic mass is 9.59. The highest BCUT2D eigenvalue weighted by Crippen LogP contribution is 2.50. The van der Waals surface area contributed by atoms with E-state index < -0.39 is 22.2 Å². The van der Waals surface area contributed by atoms with Crippen molar-refractivity contribution >= 4 is 34.2 Å². The molecule has 7 unspecified atom stereocenters. The summed E-state index contributed by atoms with van der Waals surface area (Å²) in [5, 5.41) is 12.1. The van der Waals surface area contributed by atoms with Crippen LogP contribution in [0, 0.1) is 17.8 Å². The summed E-state index contributed by atoms with van der Waals surface area (Å²) in [6, 6.07) is 11.7. The topological polar surface area (TPSA) is 88.1 Å². The number of carbonyl (C=O) groups excluding carboxylic acids is 1. The molecular formula is C36H49ClN2O5S. The summed E-state index contributed by atoms with van der Waals surface area (Å²) in [7, 11) is 0.115. The molecule has 2 N–H and O–H groups in total. The van der Waals surface area contributed by atoms with Crippen LogP contribution in [-0.4, -0.2) is 58.5 Å². The predicted octanol–water partition coefficient (Wildman–Crippen LogP) is 6.84. The third-order valence-electron chi connectivity index (χ3n) is 10.4. The molecule has 2 heterocycles. The largest absolute Gasteiger partial charge is 0.491 e. The van der Waals surface area contributed by atoms with Crippen molar-refractivity contribution in [1.29, 1.82) is 0 Å². The van der Waals surface area contributed by atoms with E-state index in [1.807, 2.05) is 52.0 Å². The van der Waals surface area contributed by atoms with E-state index >= 15 is 0 Å². The van der Waals surface area contributed by atoms with Crippen LogP contribution in [0.5, 0.6) is 5.75 Å². The molecule has 246 valence electrons. The number of methoxy groups -OCH3 is 1. The molecule has 2 bridgehead atoms. The summed E-state index contributed by atoms with van der Waals surface area (Å²) >= 11 is 6.43. The van der Waals surface area contributed by atoms with Crippen LogP contribution >= 0.6 is 11.6 Å². The molecule has 1 amide bonds. The lowest BCUT2D eigenvalue weighted by molar-refractivity contribution is -0.181. The number of allylic oxidation sites excluding steroid dienone is 1. The number of fused-ring (bicyclic) bond motifs is 2. The molecule has 5 rings (SSSR count). The van der Waals surface area contributed by atoms with Gasteiger partial charge in [0.15, 0.2) is 0 Å². The van der Waals surface area contributed by atoms with Crippen LogP contribution in [0.2, 0.25) is 5.02 Å². The van der Waals surface area contributed by atoms with Gasteiger partial charge in [0.25, 0.3) is 5.91 Å². The molecule has 0 aromatic heterocycles. The Morgan fingerprint density at radius 1 is 1.18 bits per heavy atom. The van der Waals surface area contributed by atoms with Gasteiger partial charge in [0.1, 0.15) is 22.3 Å². The Morgan fingerprint density at radius 2 is 1.96 bits per heavy atom. The summed E-state index contributed by atoms with van der Waals surface area (Å²) in [6.45, 7) is 11.7. The average Bonchev–Trinajstić information content (AvgIpc) is 3.16. The van der Waals surface area contributed by atoms with Crippen LogP contribution in [0.3, 0.4) is 0 Å². The van der Waals surface area contributed by atoms with E-state index in [4.69, 9.17) is 21.1 Å². The fraction of sp³-hybridized carbons (Fsp3) is 0.583. The van der Waals surface area contributed by atoms with Gasteiger partial charge in [0.2, 0.25) is 0 Å². The number of carbonyl (C=O) groups is 1. The number of amides is 1. The molecule has 0 saturated heterocycles. The van der Waals surface area contributed by atoms with Gasteiger partial charge in [0, 0.05) is 36.7 Å². The highest BCUT2D eigenvalue weighted by molar-refractivity contribution is 7.84. The van der Waals surface area contributed by atoms with Gasteiger partial charge in [0.05, 0.1) is 23.1 Å². The number of nitrogens with one attached hydrogen (secondary N) is 1. The molecule has 0 spiro atoms. The van der Waals surface area contributed by atoms with Gasteiger partial charge in [-0.25, -0.2) is 4.21 Å². The van der Waals surface area contributed by atoms with Gasteiger partial charge in [-0.15, -0.1) is 0 Å². The third-order valence-corrected chi connectivity index (χ3v) is 12.2. The van der Waals surface area contributed by atoms with Gasteiger partial charge < -0.3 is 19.5 Å². The number of halogens is 1. The first kappa shape index (κ1) is 34.0. The summed E-state index contributed by atoms with van der Waals surface area (Å²) in [5.41, 5.74) is 1.74. The molecule has 9 heteroatoms. The van der Waals surface area contributed by atoms with Gasteiger partial charge in [-0.05, 0) is 106 Å². The van der Waals surface area contributed by atoms with E-state index in [9.17, 15) is 14.1 Å². The summed E-state index contributed by atoms with van der Waals surface area (Å²) < 4.78 is 28.8. The number of hydrogen-bond donors (Lipinski definition) is 2. The van der Waals surface area contributed by atoms with Crippen LogP contribution in [0.4, 0.5) is 5.69 Å². The second-order valence-electron chi connectivity index (χ2n) is 13.7. The van der Waals surface area contributed by atoms with Crippen LogP contribution < -0.4 is 14.4 Å². The zero-order valence-corrected chi connectivity index (χ0v) is 29.0. The molecule has 2 aromatic carbocycles. The summed E-state index contributed by atoms with van der Waals surface area (Å²) in [5.74, 6) is 0.791. The number of benzene rings is 2. The highest BCUT2D eigenvalue weighted by atomic mass is 35.5. The molecule has 1 fully saturated rings. The maximum atomic E-state index is 13.4. The lowest BCUT2D eigenvalue weighted by Gasteiger charge is -2.54. The van der Waals surface area contributed by atoms with Crippen molar-refractivity contribution in [1.82, 2.24) is 4.72 Å². The summed E-state index contributed by atoms with van der Waals surface area (Å²) in [4.78, 5) is 15.8. The molecule has 1 aliphatic carbocycles. The van der Waals surface area contributed by atoms with Crippen molar-refractivity contribution in [3.05, 3.63) is 70.3 Å². The predicted molar refractivity (Wildman–Crippen MR) is 183 cm³/mol. The van der Waals surface area contributed by atoms with E-state index in [1.165, 1.54) is 11.1 Å². The molecule has 3 aliphatic rings. The van der Waals surface area contributed by atoms with Crippen LogP contribution in [0.15, 0.2) is 48.6 Å². The van der Waals surface area contributed by atoms with Crippen molar-refractivity contribution in [3.63, 3.8) is 0 Å². The van der Waals surface area contributed by atoms with Crippen molar-refractivity contribution in [3.8, 4) is 5.75 Å². The van der Waals surface area contributed by atoms with Crippen molar-refractivity contribution in [2.75, 3.05) is 31.7 Å². The van der Waals surface area contributed by atoms with E-state index in [-0.39, 0.29) is 34.8 Å².